The summed E-state index contributed by atoms with van der Waals surface area (Å²) >= 11 is 0. The van der Waals surface area contributed by atoms with Crippen molar-refractivity contribution < 1.29 is 0 Å². The van der Waals surface area contributed by atoms with E-state index in [-0.39, 0.29) is 0 Å². The lowest BCUT2D eigenvalue weighted by Gasteiger charge is -2.49. The minimum atomic E-state index is 0.416. The molecule has 3 unspecified atom stereocenters. The van der Waals surface area contributed by atoms with Gasteiger partial charge in [0.25, 0.3) is 0 Å². The molecule has 2 nitrogen and oxygen atoms in total. The minimum absolute atomic E-state index is 0.416. The molecule has 0 bridgehead atoms. The number of likely N-dealkylation sites (tertiary alicyclic amines) is 1. The third-order valence-electron chi connectivity index (χ3n) is 10.5. The number of hydrogen-bond donors (Lipinski definition) is 1. The van der Waals surface area contributed by atoms with Gasteiger partial charge >= 0.3 is 0 Å². The van der Waals surface area contributed by atoms with E-state index in [0.717, 1.165) is 6.04 Å². The fraction of sp³-hybridized carbons (Fsp3) is 1.00. The molecule has 2 saturated heterocycles. The van der Waals surface area contributed by atoms with Crippen LogP contribution >= 0.6 is 0 Å². The van der Waals surface area contributed by atoms with Crippen molar-refractivity contribution in [1.82, 2.24) is 10.2 Å². The third-order valence-corrected chi connectivity index (χ3v) is 10.5. The van der Waals surface area contributed by atoms with E-state index in [0.29, 0.717) is 16.5 Å². The maximum absolute atomic E-state index is 4.36. The fourth-order valence-corrected chi connectivity index (χ4v) is 7.38. The van der Waals surface area contributed by atoms with E-state index in [4.69, 9.17) is 0 Å². The van der Waals surface area contributed by atoms with Crippen molar-refractivity contribution in [3.8, 4) is 0 Å². The third kappa shape index (κ3) is 9.63. The van der Waals surface area contributed by atoms with Crippen LogP contribution in [0.15, 0.2) is 0 Å². The van der Waals surface area contributed by atoms with Gasteiger partial charge in [-0.3, -0.25) is 4.90 Å². The van der Waals surface area contributed by atoms with Crippen LogP contribution in [0.3, 0.4) is 0 Å². The molecule has 0 amide bonds. The van der Waals surface area contributed by atoms with Crippen LogP contribution in [0.2, 0.25) is 0 Å². The molecule has 0 aromatic rings. The van der Waals surface area contributed by atoms with Gasteiger partial charge in [-0.25, -0.2) is 0 Å². The molecule has 208 valence electrons. The highest BCUT2D eigenvalue weighted by Crippen LogP contribution is 2.45. The molecule has 2 fully saturated rings. The van der Waals surface area contributed by atoms with Crippen molar-refractivity contribution in [2.75, 3.05) is 13.1 Å². The Morgan fingerprint density at radius 1 is 0.657 bits per heavy atom. The molecule has 0 radical (unpaired) electrons. The minimum Gasteiger partial charge on any atom is -0.308 e. The molecular weight excluding hydrogens is 424 g/mol. The van der Waals surface area contributed by atoms with Crippen LogP contribution in [0.1, 0.15) is 176 Å². The Balaban J connectivity index is 1.92. The molecular formula is C33H66N2. The fourth-order valence-electron chi connectivity index (χ4n) is 7.38. The monoisotopic (exact) mass is 491 g/mol. The Morgan fingerprint density at radius 2 is 1.14 bits per heavy atom. The Labute approximate surface area is 222 Å². The molecule has 3 atom stereocenters. The molecule has 2 heterocycles. The van der Waals surface area contributed by atoms with E-state index >= 15 is 0 Å². The van der Waals surface area contributed by atoms with Crippen molar-refractivity contribution in [3.05, 3.63) is 0 Å². The van der Waals surface area contributed by atoms with Crippen LogP contribution in [0.4, 0.5) is 0 Å². The molecule has 35 heavy (non-hydrogen) atoms. The molecule has 2 rings (SSSR count). The van der Waals surface area contributed by atoms with Gasteiger partial charge in [0.1, 0.15) is 0 Å². The standard InChI is InChI=1S/C33H66N2/c1-7-11-14-17-19-23-31(5,22-18-15-12-8-2)30-21-25-33(34-30)26-28-35(29-27-33)32(6,10-4)24-20-16-13-9-3/h30,34H,7-29H2,1-6H3. The van der Waals surface area contributed by atoms with Gasteiger partial charge in [-0.15, -0.1) is 0 Å². The molecule has 2 heteroatoms. The van der Waals surface area contributed by atoms with Gasteiger partial charge in [0.05, 0.1) is 0 Å². The number of rotatable bonds is 19. The maximum atomic E-state index is 4.36. The van der Waals surface area contributed by atoms with E-state index in [2.05, 4.69) is 51.8 Å². The van der Waals surface area contributed by atoms with E-state index in [1.807, 2.05) is 0 Å². The van der Waals surface area contributed by atoms with Gasteiger partial charge in [-0.2, -0.15) is 0 Å². The molecule has 0 saturated carbocycles. The van der Waals surface area contributed by atoms with Gasteiger partial charge in [0.15, 0.2) is 0 Å². The van der Waals surface area contributed by atoms with Gasteiger partial charge in [0.2, 0.25) is 0 Å². The summed E-state index contributed by atoms with van der Waals surface area (Å²) in [5, 5.41) is 4.36. The summed E-state index contributed by atoms with van der Waals surface area (Å²) in [5.41, 5.74) is 1.35. The second-order valence-electron chi connectivity index (χ2n) is 13.3. The first-order chi connectivity index (χ1) is 16.9. The highest BCUT2D eigenvalue weighted by molar-refractivity contribution is 5.06. The average molecular weight is 491 g/mol. The zero-order chi connectivity index (χ0) is 25.6. The number of piperidine rings is 1. The van der Waals surface area contributed by atoms with E-state index < -0.39 is 0 Å². The molecule has 0 aliphatic carbocycles. The SMILES string of the molecule is CCCCCCCC(C)(CCCCCC)C1CCC2(CCN(C(C)(CC)CCCCCC)CC2)N1. The van der Waals surface area contributed by atoms with Gasteiger partial charge in [-0.05, 0) is 63.7 Å². The smallest absolute Gasteiger partial charge is 0.0209 e. The quantitative estimate of drug-likeness (QED) is 0.181. The van der Waals surface area contributed by atoms with Gasteiger partial charge < -0.3 is 5.32 Å². The summed E-state index contributed by atoms with van der Waals surface area (Å²) in [6.07, 6.45) is 29.5. The molecule has 2 aliphatic heterocycles. The topological polar surface area (TPSA) is 15.3 Å². The lowest BCUT2D eigenvalue weighted by atomic mass is 9.73. The number of nitrogens with zero attached hydrogens (tertiary/aromatic N) is 1. The normalized spacial score (nSPS) is 24.0. The van der Waals surface area contributed by atoms with Crippen molar-refractivity contribution in [1.29, 1.82) is 0 Å². The first-order valence-electron chi connectivity index (χ1n) is 16.4. The number of nitrogens with one attached hydrogen (secondary N) is 1. The summed E-state index contributed by atoms with van der Waals surface area (Å²) in [6, 6.07) is 0.744. The van der Waals surface area contributed by atoms with Crippen LogP contribution in [0.25, 0.3) is 0 Å². The average Bonchev–Trinajstić information content (AvgIpc) is 3.29. The van der Waals surface area contributed by atoms with E-state index in [1.165, 1.54) is 148 Å². The van der Waals surface area contributed by atoms with Crippen molar-refractivity contribution in [2.45, 2.75) is 193 Å². The van der Waals surface area contributed by atoms with Crippen LogP contribution in [0.5, 0.6) is 0 Å². The van der Waals surface area contributed by atoms with Gasteiger partial charge in [0, 0.05) is 30.2 Å². The van der Waals surface area contributed by atoms with E-state index in [9.17, 15) is 0 Å². The zero-order valence-corrected chi connectivity index (χ0v) is 25.3. The summed E-state index contributed by atoms with van der Waals surface area (Å²) < 4.78 is 0. The number of hydrogen-bond acceptors (Lipinski definition) is 2. The summed E-state index contributed by atoms with van der Waals surface area (Å²) in [7, 11) is 0. The summed E-state index contributed by atoms with van der Waals surface area (Å²) in [5.74, 6) is 0. The van der Waals surface area contributed by atoms with Gasteiger partial charge in [-0.1, -0.05) is 118 Å². The Kier molecular flexibility index (Phi) is 14.2. The number of unbranched alkanes of at least 4 members (excludes halogenated alkanes) is 10. The molecule has 0 aromatic heterocycles. The second-order valence-corrected chi connectivity index (χ2v) is 13.3. The van der Waals surface area contributed by atoms with E-state index in [1.54, 1.807) is 0 Å². The molecule has 1 spiro atoms. The Hall–Kier alpha value is -0.0800. The zero-order valence-electron chi connectivity index (χ0n) is 25.3. The lowest BCUT2D eigenvalue weighted by molar-refractivity contribution is 0.0332. The Bertz CT molecular complexity index is 537. The molecule has 0 aromatic carbocycles. The van der Waals surface area contributed by atoms with Crippen LogP contribution in [0, 0.1) is 5.41 Å². The van der Waals surface area contributed by atoms with Crippen LogP contribution in [-0.2, 0) is 0 Å². The summed E-state index contributed by atoms with van der Waals surface area (Å²) in [4.78, 5) is 2.89. The van der Waals surface area contributed by atoms with Crippen molar-refractivity contribution in [3.63, 3.8) is 0 Å². The predicted molar refractivity (Wildman–Crippen MR) is 157 cm³/mol. The first-order valence-corrected chi connectivity index (χ1v) is 16.4. The first kappa shape index (κ1) is 31.1. The maximum Gasteiger partial charge on any atom is 0.0209 e. The lowest BCUT2D eigenvalue weighted by Crippen LogP contribution is -2.58. The van der Waals surface area contributed by atoms with Crippen LogP contribution in [-0.4, -0.2) is 35.1 Å². The Morgan fingerprint density at radius 3 is 1.66 bits per heavy atom. The second kappa shape index (κ2) is 16.0. The highest BCUT2D eigenvalue weighted by atomic mass is 15.2. The molecule has 2 aliphatic rings. The van der Waals surface area contributed by atoms with Crippen molar-refractivity contribution in [2.24, 2.45) is 5.41 Å². The summed E-state index contributed by atoms with van der Waals surface area (Å²) in [6.45, 7) is 17.3. The largest absolute Gasteiger partial charge is 0.308 e. The molecule has 1 N–H and O–H groups in total. The highest BCUT2D eigenvalue weighted by Gasteiger charge is 2.47. The van der Waals surface area contributed by atoms with Crippen LogP contribution < -0.4 is 5.32 Å². The predicted octanol–water partition coefficient (Wildman–Crippen LogP) is 10.0. The van der Waals surface area contributed by atoms with Crippen molar-refractivity contribution >= 4 is 0 Å².